The van der Waals surface area contributed by atoms with Crippen LogP contribution >= 0.6 is 0 Å². The van der Waals surface area contributed by atoms with E-state index in [1.807, 2.05) is 42.5 Å². The molecule has 0 aliphatic carbocycles. The summed E-state index contributed by atoms with van der Waals surface area (Å²) >= 11 is 0. The lowest BCUT2D eigenvalue weighted by Crippen LogP contribution is -2.22. The number of hydrogen-bond donors (Lipinski definition) is 3. The lowest BCUT2D eigenvalue weighted by molar-refractivity contribution is -0.114. The normalized spacial score (nSPS) is 10.2. The van der Waals surface area contributed by atoms with Gasteiger partial charge in [0.25, 0.3) is 5.91 Å². The molecule has 0 aliphatic rings. The number of nitrogens with one attached hydrogen (secondary N) is 3. The van der Waals surface area contributed by atoms with Crippen LogP contribution in [0.3, 0.4) is 0 Å². The maximum Gasteiger partial charge on any atom is 0.251 e. The molecule has 0 saturated heterocycles. The number of carbonyl (C=O) groups is 2. The molecule has 6 nitrogen and oxygen atoms in total. The van der Waals surface area contributed by atoms with Crippen molar-refractivity contribution in [1.29, 1.82) is 0 Å². The van der Waals surface area contributed by atoms with Crippen LogP contribution in [0.1, 0.15) is 22.3 Å². The van der Waals surface area contributed by atoms with Crippen LogP contribution in [-0.4, -0.2) is 32.0 Å². The molecule has 3 N–H and O–H groups in total. The number of benzene rings is 3. The van der Waals surface area contributed by atoms with E-state index in [4.69, 9.17) is 4.74 Å². The van der Waals surface area contributed by atoms with E-state index in [1.54, 1.807) is 31.3 Å². The van der Waals surface area contributed by atoms with Gasteiger partial charge >= 0.3 is 0 Å². The number of carbonyl (C=O) groups excluding carboxylic acids is 2. The minimum Gasteiger partial charge on any atom is -0.494 e. The Morgan fingerprint density at radius 3 is 2.39 bits per heavy atom. The quantitative estimate of drug-likeness (QED) is 0.434. The molecule has 0 bridgehead atoms. The second-order valence-electron chi connectivity index (χ2n) is 7.02. The number of rotatable bonds is 10. The van der Waals surface area contributed by atoms with Crippen molar-refractivity contribution in [3.8, 4) is 5.75 Å². The first-order valence-electron chi connectivity index (χ1n) is 10.3. The van der Waals surface area contributed by atoms with Gasteiger partial charge in [0.2, 0.25) is 5.91 Å². The maximum atomic E-state index is 12.3. The Hall–Kier alpha value is -3.80. The van der Waals surface area contributed by atoms with E-state index in [-0.39, 0.29) is 18.4 Å². The number of anilines is 2. The van der Waals surface area contributed by atoms with E-state index < -0.39 is 0 Å². The van der Waals surface area contributed by atoms with E-state index in [0.29, 0.717) is 17.9 Å². The average Bonchev–Trinajstić information content (AvgIpc) is 2.81. The number of amides is 2. The van der Waals surface area contributed by atoms with E-state index in [0.717, 1.165) is 24.3 Å². The summed E-state index contributed by atoms with van der Waals surface area (Å²) in [5.74, 6) is 0.409. The third-order valence-electron chi connectivity index (χ3n) is 4.67. The lowest BCUT2D eigenvalue weighted by atomic mass is 10.1. The minimum absolute atomic E-state index is 0.113. The predicted octanol–water partition coefficient (Wildman–Crippen LogP) is 4.11. The maximum absolute atomic E-state index is 12.3. The second kappa shape index (κ2) is 11.4. The summed E-state index contributed by atoms with van der Waals surface area (Å²) in [5.41, 5.74) is 3.31. The lowest BCUT2D eigenvalue weighted by Gasteiger charge is -2.10. The average molecular weight is 418 g/mol. The van der Waals surface area contributed by atoms with Crippen molar-refractivity contribution in [3.63, 3.8) is 0 Å². The minimum atomic E-state index is -0.170. The molecule has 2 amide bonds. The third-order valence-corrected chi connectivity index (χ3v) is 4.67. The van der Waals surface area contributed by atoms with Crippen LogP contribution in [0.4, 0.5) is 11.4 Å². The Morgan fingerprint density at radius 2 is 1.65 bits per heavy atom. The summed E-state index contributed by atoms with van der Waals surface area (Å²) in [6.45, 7) is 0.724. The molecule has 0 atom stereocenters. The standard InChI is InChI=1S/C25H27N3O3/c1-26-25(30)20-12-14-21(15-13-20)27-18-24(29)28-22-10-5-11-23(17-22)31-16-6-9-19-7-3-2-4-8-19/h2-5,7-8,10-15,17,27H,6,9,16,18H2,1H3,(H,26,30)(H,28,29). The SMILES string of the molecule is CNC(=O)c1ccc(NCC(=O)Nc2cccc(OCCCc3ccccc3)c2)cc1. The van der Waals surface area contributed by atoms with Gasteiger partial charge < -0.3 is 20.7 Å². The predicted molar refractivity (Wildman–Crippen MR) is 124 cm³/mol. The molecule has 0 aliphatic heterocycles. The number of hydrogen-bond acceptors (Lipinski definition) is 4. The van der Waals surface area contributed by atoms with Crippen molar-refractivity contribution in [2.45, 2.75) is 12.8 Å². The van der Waals surface area contributed by atoms with Crippen LogP contribution in [0.15, 0.2) is 78.9 Å². The van der Waals surface area contributed by atoms with Crippen molar-refractivity contribution in [1.82, 2.24) is 5.32 Å². The highest BCUT2D eigenvalue weighted by molar-refractivity contribution is 5.95. The largest absolute Gasteiger partial charge is 0.494 e. The molecule has 3 aromatic carbocycles. The summed E-state index contributed by atoms with van der Waals surface area (Å²) in [6, 6.07) is 24.6. The van der Waals surface area contributed by atoms with Gasteiger partial charge in [-0.3, -0.25) is 9.59 Å². The first-order chi connectivity index (χ1) is 15.1. The Labute approximate surface area is 182 Å². The van der Waals surface area contributed by atoms with E-state index in [2.05, 4.69) is 28.1 Å². The molecule has 31 heavy (non-hydrogen) atoms. The van der Waals surface area contributed by atoms with Gasteiger partial charge in [-0.25, -0.2) is 0 Å². The van der Waals surface area contributed by atoms with Gasteiger partial charge in [-0.2, -0.15) is 0 Å². The third kappa shape index (κ3) is 7.19. The van der Waals surface area contributed by atoms with Crippen molar-refractivity contribution in [2.75, 3.05) is 30.8 Å². The zero-order chi connectivity index (χ0) is 21.9. The fraction of sp³-hybridized carbons (Fsp3) is 0.200. The van der Waals surface area contributed by atoms with Gasteiger partial charge in [0.15, 0.2) is 0 Å². The zero-order valence-corrected chi connectivity index (χ0v) is 17.6. The van der Waals surface area contributed by atoms with Crippen molar-refractivity contribution in [3.05, 3.63) is 90.0 Å². The number of ether oxygens (including phenoxy) is 1. The van der Waals surface area contributed by atoms with Gasteiger partial charge in [0, 0.05) is 30.1 Å². The van der Waals surface area contributed by atoms with Crippen LogP contribution in [0.5, 0.6) is 5.75 Å². The van der Waals surface area contributed by atoms with Gasteiger partial charge in [0.05, 0.1) is 13.2 Å². The first-order valence-corrected chi connectivity index (χ1v) is 10.3. The molecule has 0 saturated carbocycles. The molecular formula is C25H27N3O3. The summed E-state index contributed by atoms with van der Waals surface area (Å²) in [7, 11) is 1.59. The van der Waals surface area contributed by atoms with Gasteiger partial charge in [-0.15, -0.1) is 0 Å². The second-order valence-corrected chi connectivity index (χ2v) is 7.02. The molecule has 0 heterocycles. The Morgan fingerprint density at radius 1 is 0.871 bits per heavy atom. The Balaban J connectivity index is 1.42. The summed E-state index contributed by atoms with van der Waals surface area (Å²) in [4.78, 5) is 23.8. The highest BCUT2D eigenvalue weighted by Gasteiger charge is 2.06. The molecular weight excluding hydrogens is 390 g/mol. The van der Waals surface area contributed by atoms with Crippen molar-refractivity contribution < 1.29 is 14.3 Å². The van der Waals surface area contributed by atoms with Gasteiger partial charge in [-0.05, 0) is 54.8 Å². The van der Waals surface area contributed by atoms with E-state index in [1.165, 1.54) is 5.56 Å². The summed E-state index contributed by atoms with van der Waals surface area (Å²) in [6.07, 6.45) is 1.89. The van der Waals surface area contributed by atoms with Crippen molar-refractivity contribution in [2.24, 2.45) is 0 Å². The van der Waals surface area contributed by atoms with Crippen molar-refractivity contribution >= 4 is 23.2 Å². The fourth-order valence-corrected chi connectivity index (χ4v) is 3.05. The highest BCUT2D eigenvalue weighted by Crippen LogP contribution is 2.18. The van der Waals surface area contributed by atoms with Crippen LogP contribution in [0.2, 0.25) is 0 Å². The fourth-order valence-electron chi connectivity index (χ4n) is 3.05. The molecule has 0 radical (unpaired) electrons. The van der Waals surface area contributed by atoms with Crippen LogP contribution in [0, 0.1) is 0 Å². The summed E-state index contributed by atoms with van der Waals surface area (Å²) < 4.78 is 5.82. The summed E-state index contributed by atoms with van der Waals surface area (Å²) in [5, 5.41) is 8.48. The zero-order valence-electron chi connectivity index (χ0n) is 17.6. The van der Waals surface area contributed by atoms with Gasteiger partial charge in [-0.1, -0.05) is 36.4 Å². The smallest absolute Gasteiger partial charge is 0.251 e. The molecule has 160 valence electrons. The van der Waals surface area contributed by atoms with Crippen LogP contribution in [-0.2, 0) is 11.2 Å². The Kier molecular flexibility index (Phi) is 8.05. The molecule has 6 heteroatoms. The van der Waals surface area contributed by atoms with E-state index in [9.17, 15) is 9.59 Å². The molecule has 0 fully saturated rings. The topological polar surface area (TPSA) is 79.5 Å². The van der Waals surface area contributed by atoms with Crippen LogP contribution < -0.4 is 20.7 Å². The Bertz CT molecular complexity index is 988. The highest BCUT2D eigenvalue weighted by atomic mass is 16.5. The monoisotopic (exact) mass is 417 g/mol. The molecule has 3 rings (SSSR count). The molecule has 3 aromatic rings. The van der Waals surface area contributed by atoms with Crippen LogP contribution in [0.25, 0.3) is 0 Å². The van der Waals surface area contributed by atoms with Gasteiger partial charge in [0.1, 0.15) is 5.75 Å². The molecule has 0 unspecified atom stereocenters. The van der Waals surface area contributed by atoms with E-state index >= 15 is 0 Å². The first kappa shape index (κ1) is 21.9. The number of aryl methyl sites for hydroxylation is 1. The molecule has 0 aromatic heterocycles. The molecule has 0 spiro atoms.